The molecular weight excluding hydrogens is 295 g/mol. The van der Waals surface area contributed by atoms with Gasteiger partial charge in [-0.15, -0.1) is 0 Å². The first kappa shape index (κ1) is 11.2. The van der Waals surface area contributed by atoms with Gasteiger partial charge in [-0.05, 0) is 0 Å². The summed E-state index contributed by atoms with van der Waals surface area (Å²) < 4.78 is 14.5. The molecule has 1 heterocycles. The van der Waals surface area contributed by atoms with Crippen molar-refractivity contribution in [3.63, 3.8) is 0 Å². The molecule has 1 rings (SSSR count). The summed E-state index contributed by atoms with van der Waals surface area (Å²) in [4.78, 5) is 10.3. The van der Waals surface area contributed by atoms with Crippen LogP contribution in [0, 0.1) is 12.7 Å². The first-order valence-corrected chi connectivity index (χ1v) is 14.5. The van der Waals surface area contributed by atoms with Crippen molar-refractivity contribution in [2.24, 2.45) is 0 Å². The number of halogens is 2. The van der Waals surface area contributed by atoms with Crippen molar-refractivity contribution in [2.75, 3.05) is 0 Å². The topological polar surface area (TPSA) is 12.9 Å². The molecule has 0 N–H and O–H groups in total. The van der Waals surface area contributed by atoms with Gasteiger partial charge in [0.2, 0.25) is 0 Å². The van der Waals surface area contributed by atoms with Crippen molar-refractivity contribution in [2.45, 2.75) is 21.7 Å². The third kappa shape index (κ3) is 2.34. The number of hydrogen-bond donors (Lipinski definition) is 0. The van der Waals surface area contributed by atoms with Crippen LogP contribution in [0.3, 0.4) is 0 Å². The van der Waals surface area contributed by atoms with E-state index in [4.69, 9.17) is 11.6 Å². The monoisotopic (exact) mass is 309 g/mol. The average Bonchev–Trinajstić information content (AvgIpc) is 1.95. The van der Waals surface area contributed by atoms with Crippen LogP contribution in [0.2, 0.25) is 20.0 Å². The van der Waals surface area contributed by atoms with Crippen LogP contribution in [0.4, 0.5) is 4.39 Å². The summed E-state index contributed by atoms with van der Waals surface area (Å²) in [5.41, 5.74) is 0.935. The van der Waals surface area contributed by atoms with E-state index in [1.807, 2.05) is 6.92 Å². The van der Waals surface area contributed by atoms with E-state index in [9.17, 15) is 4.39 Å². The Bertz CT molecular complexity index is 333. The molecule has 0 spiro atoms. The second-order valence-corrected chi connectivity index (χ2v) is 18.8. The second kappa shape index (κ2) is 3.73. The van der Waals surface area contributed by atoms with E-state index in [1.165, 1.54) is 0 Å². The quantitative estimate of drug-likeness (QED) is 0.574. The van der Waals surface area contributed by atoms with E-state index < -0.39 is 18.4 Å². The van der Waals surface area contributed by atoms with Crippen LogP contribution < -0.4 is 3.58 Å². The molecule has 0 aliphatic rings. The molecule has 4 heteroatoms. The Hall–Kier alpha value is 0.169. The van der Waals surface area contributed by atoms with E-state index in [1.54, 1.807) is 6.20 Å². The fraction of sp³-hybridized carbons (Fsp3) is 0.444. The van der Waals surface area contributed by atoms with Crippen molar-refractivity contribution in [3.05, 3.63) is 22.7 Å². The molecule has 0 aliphatic carbocycles. The van der Waals surface area contributed by atoms with Gasteiger partial charge in [-0.25, -0.2) is 0 Å². The Balaban J connectivity index is 3.43. The number of rotatable bonds is 1. The molecule has 0 saturated carbocycles. The molecule has 72 valence electrons. The first-order valence-electron chi connectivity index (χ1n) is 4.15. The van der Waals surface area contributed by atoms with Crippen LogP contribution in [-0.2, 0) is 0 Å². The number of aromatic nitrogens is 1. The Kier molecular flexibility index (Phi) is 3.23. The predicted octanol–water partition coefficient (Wildman–Crippen LogP) is 2.73. The zero-order valence-corrected chi connectivity index (χ0v) is 11.9. The summed E-state index contributed by atoms with van der Waals surface area (Å²) in [6.45, 7) is 1.89. The summed E-state index contributed by atoms with van der Waals surface area (Å²) in [5.74, 6) is -0.301. The van der Waals surface area contributed by atoms with Gasteiger partial charge < -0.3 is 0 Å². The number of nitrogens with zero attached hydrogens (tertiary/aromatic N) is 1. The molecule has 1 aromatic rings. The molecule has 0 atom stereocenters. The second-order valence-electron chi connectivity index (χ2n) is 4.17. The minimum atomic E-state index is -2.38. The van der Waals surface area contributed by atoms with Gasteiger partial charge in [-0.2, -0.15) is 0 Å². The van der Waals surface area contributed by atoms with Gasteiger partial charge in [0.25, 0.3) is 0 Å². The fourth-order valence-electron chi connectivity index (χ4n) is 1.47. The van der Waals surface area contributed by atoms with Crippen LogP contribution in [0.5, 0.6) is 0 Å². The van der Waals surface area contributed by atoms with Gasteiger partial charge in [-0.1, -0.05) is 0 Å². The fourth-order valence-corrected chi connectivity index (χ4v) is 7.62. The molecule has 0 saturated heterocycles. The maximum absolute atomic E-state index is 13.6. The van der Waals surface area contributed by atoms with Crippen LogP contribution >= 0.6 is 11.6 Å². The van der Waals surface area contributed by atoms with E-state index in [0.717, 1.165) is 9.14 Å². The zero-order chi connectivity index (χ0) is 10.2. The van der Waals surface area contributed by atoms with Gasteiger partial charge in [0.1, 0.15) is 0 Å². The van der Waals surface area contributed by atoms with Crippen molar-refractivity contribution in [3.8, 4) is 0 Å². The van der Waals surface area contributed by atoms with E-state index in [0.29, 0.717) is 0 Å². The molecule has 0 radical (unpaired) electrons. The SMILES string of the molecule is Cc1cnc(Cl)c(F)[c]1[Sn]([CH3])([CH3])[CH3]. The predicted molar refractivity (Wildman–Crippen MR) is 56.9 cm³/mol. The third-order valence-corrected chi connectivity index (χ3v) is 8.21. The minimum absolute atomic E-state index is 0.00669. The molecule has 0 fully saturated rings. The molecule has 0 aromatic carbocycles. The summed E-state index contributed by atoms with van der Waals surface area (Å²) in [6.07, 6.45) is 1.66. The Morgan fingerprint density at radius 1 is 1.38 bits per heavy atom. The van der Waals surface area contributed by atoms with Gasteiger partial charge in [-0.3, -0.25) is 0 Å². The number of aryl methyl sites for hydroxylation is 1. The van der Waals surface area contributed by atoms with Gasteiger partial charge in [0.05, 0.1) is 0 Å². The van der Waals surface area contributed by atoms with Crippen molar-refractivity contribution in [1.29, 1.82) is 0 Å². The van der Waals surface area contributed by atoms with E-state index >= 15 is 0 Å². The normalized spacial score (nSPS) is 11.8. The number of pyridine rings is 1. The first-order chi connectivity index (χ1) is 5.84. The Morgan fingerprint density at radius 2 is 1.92 bits per heavy atom. The number of hydrogen-bond acceptors (Lipinski definition) is 1. The Labute approximate surface area is 87.2 Å². The molecular formula is C9H13ClFNSn. The zero-order valence-electron chi connectivity index (χ0n) is 8.28. The van der Waals surface area contributed by atoms with Gasteiger partial charge >= 0.3 is 87.4 Å². The summed E-state index contributed by atoms with van der Waals surface area (Å²) in [7, 11) is 0. The average molecular weight is 308 g/mol. The summed E-state index contributed by atoms with van der Waals surface area (Å²) >= 11 is 3.26. The molecule has 1 aromatic heterocycles. The van der Waals surface area contributed by atoms with Crippen molar-refractivity contribution < 1.29 is 4.39 Å². The molecule has 0 amide bonds. The molecule has 0 aliphatic heterocycles. The van der Waals surface area contributed by atoms with Crippen LogP contribution in [-0.4, -0.2) is 23.4 Å². The Morgan fingerprint density at radius 3 is 2.31 bits per heavy atom. The third-order valence-electron chi connectivity index (χ3n) is 1.92. The van der Waals surface area contributed by atoms with Crippen LogP contribution in [0.25, 0.3) is 0 Å². The molecule has 1 nitrogen and oxygen atoms in total. The van der Waals surface area contributed by atoms with E-state index in [2.05, 4.69) is 19.8 Å². The van der Waals surface area contributed by atoms with Gasteiger partial charge in [0.15, 0.2) is 0 Å². The van der Waals surface area contributed by atoms with Crippen LogP contribution in [0.15, 0.2) is 6.20 Å². The van der Waals surface area contributed by atoms with Crippen LogP contribution in [0.1, 0.15) is 5.56 Å². The van der Waals surface area contributed by atoms with Crippen molar-refractivity contribution in [1.82, 2.24) is 4.98 Å². The van der Waals surface area contributed by atoms with Gasteiger partial charge in [0, 0.05) is 0 Å². The van der Waals surface area contributed by atoms with E-state index in [-0.39, 0.29) is 11.0 Å². The van der Waals surface area contributed by atoms with Crippen molar-refractivity contribution >= 4 is 33.6 Å². The molecule has 13 heavy (non-hydrogen) atoms. The molecule has 0 bridgehead atoms. The molecule has 0 unspecified atom stereocenters. The standard InChI is InChI=1S/C6H4ClFN.3CH3.Sn/c1-4-2-5(8)6(7)9-3-4;;;;/h3H,1H3;3*1H3;. The summed E-state index contributed by atoms with van der Waals surface area (Å²) in [6, 6.07) is 0. The summed E-state index contributed by atoms with van der Waals surface area (Å²) in [5, 5.41) is 0.00669. The maximum atomic E-state index is 13.6.